The number of nitrogens with zero attached hydrogens (tertiary/aromatic N) is 5. The van der Waals surface area contributed by atoms with E-state index in [-0.39, 0.29) is 11.6 Å². The molecule has 1 N–H and O–H groups in total. The van der Waals surface area contributed by atoms with E-state index in [1.54, 1.807) is 18.1 Å². The number of ether oxygens (including phenoxy) is 1. The summed E-state index contributed by atoms with van der Waals surface area (Å²) >= 11 is 0. The van der Waals surface area contributed by atoms with E-state index in [2.05, 4.69) is 51.4 Å². The summed E-state index contributed by atoms with van der Waals surface area (Å²) in [5.74, 6) is 2.29. The molecule has 0 aliphatic heterocycles. The highest BCUT2D eigenvalue weighted by atomic mass is 16.5. The fourth-order valence-corrected chi connectivity index (χ4v) is 4.87. The Bertz CT molecular complexity index is 1570. The van der Waals surface area contributed by atoms with Crippen molar-refractivity contribution in [2.45, 2.75) is 52.9 Å². The van der Waals surface area contributed by atoms with Gasteiger partial charge in [0.1, 0.15) is 18.1 Å². The van der Waals surface area contributed by atoms with Gasteiger partial charge in [-0.2, -0.15) is 0 Å². The van der Waals surface area contributed by atoms with Gasteiger partial charge in [0, 0.05) is 18.7 Å². The van der Waals surface area contributed by atoms with Crippen molar-refractivity contribution in [1.82, 2.24) is 30.1 Å². The average molecular weight is 513 g/mol. The standard InChI is InChI=1S/C29H32N6O3/c1-5-26(28-31-32-33-35(28)18-25-7-6-14-38-25)34(16-21-9-12-24(37-4)13-10-21)17-23-15-22-11-8-19(2)20(3)27(22)30-29(23)36/h6-15,26H,5,16-18H2,1-4H3,(H,30,36). The molecule has 0 bridgehead atoms. The van der Waals surface area contributed by atoms with Gasteiger partial charge in [-0.3, -0.25) is 9.69 Å². The average Bonchev–Trinajstić information content (AvgIpc) is 3.61. The van der Waals surface area contributed by atoms with Crippen molar-refractivity contribution < 1.29 is 9.15 Å². The minimum Gasteiger partial charge on any atom is -0.497 e. The van der Waals surface area contributed by atoms with E-state index in [4.69, 9.17) is 9.15 Å². The van der Waals surface area contributed by atoms with E-state index >= 15 is 0 Å². The zero-order chi connectivity index (χ0) is 26.6. The maximum absolute atomic E-state index is 13.3. The van der Waals surface area contributed by atoms with Crippen LogP contribution in [0.4, 0.5) is 0 Å². The first kappa shape index (κ1) is 25.4. The number of aryl methyl sites for hydroxylation is 2. The zero-order valence-electron chi connectivity index (χ0n) is 22.1. The lowest BCUT2D eigenvalue weighted by molar-refractivity contribution is 0.161. The Morgan fingerprint density at radius 1 is 1.11 bits per heavy atom. The highest BCUT2D eigenvalue weighted by molar-refractivity contribution is 5.83. The molecule has 1 unspecified atom stereocenters. The number of pyridine rings is 1. The second-order valence-corrected chi connectivity index (χ2v) is 9.55. The van der Waals surface area contributed by atoms with E-state index in [9.17, 15) is 4.79 Å². The van der Waals surface area contributed by atoms with Crippen LogP contribution in [-0.4, -0.2) is 37.2 Å². The molecule has 0 saturated carbocycles. The lowest BCUT2D eigenvalue weighted by atomic mass is 10.0. The molecule has 0 fully saturated rings. The fourth-order valence-electron chi connectivity index (χ4n) is 4.87. The smallest absolute Gasteiger partial charge is 0.252 e. The third kappa shape index (κ3) is 5.24. The van der Waals surface area contributed by atoms with Gasteiger partial charge in [0.05, 0.1) is 24.9 Å². The van der Waals surface area contributed by atoms with Crippen molar-refractivity contribution >= 4 is 10.9 Å². The number of benzene rings is 2. The topological polar surface area (TPSA) is 102 Å². The van der Waals surface area contributed by atoms with E-state index in [1.807, 2.05) is 49.4 Å². The molecule has 38 heavy (non-hydrogen) atoms. The number of methoxy groups -OCH3 is 1. The Morgan fingerprint density at radius 3 is 2.63 bits per heavy atom. The van der Waals surface area contributed by atoms with Crippen LogP contribution in [0.2, 0.25) is 0 Å². The Morgan fingerprint density at radius 2 is 1.92 bits per heavy atom. The summed E-state index contributed by atoms with van der Waals surface area (Å²) in [5, 5.41) is 13.6. The summed E-state index contributed by atoms with van der Waals surface area (Å²) in [7, 11) is 1.66. The van der Waals surface area contributed by atoms with Crippen LogP contribution in [0.25, 0.3) is 10.9 Å². The monoisotopic (exact) mass is 512 g/mol. The van der Waals surface area contributed by atoms with E-state index < -0.39 is 0 Å². The number of fused-ring (bicyclic) bond motifs is 1. The summed E-state index contributed by atoms with van der Waals surface area (Å²) in [6, 6.07) is 17.7. The van der Waals surface area contributed by atoms with Crippen molar-refractivity contribution in [1.29, 1.82) is 0 Å². The van der Waals surface area contributed by atoms with Crippen molar-refractivity contribution in [2.24, 2.45) is 0 Å². The molecular formula is C29H32N6O3. The van der Waals surface area contributed by atoms with Gasteiger partial charge in [0.25, 0.3) is 5.56 Å². The van der Waals surface area contributed by atoms with Gasteiger partial charge in [0.15, 0.2) is 5.82 Å². The summed E-state index contributed by atoms with van der Waals surface area (Å²) in [4.78, 5) is 18.7. The van der Waals surface area contributed by atoms with Crippen LogP contribution in [0.5, 0.6) is 5.75 Å². The SMILES string of the molecule is CCC(c1nnnn1Cc1ccco1)N(Cc1ccc(OC)cc1)Cc1cc2ccc(C)c(C)c2[nH]c1=O. The Kier molecular flexibility index (Phi) is 7.37. The molecule has 0 radical (unpaired) electrons. The number of furan rings is 1. The molecule has 5 rings (SSSR count). The first-order valence-electron chi connectivity index (χ1n) is 12.7. The van der Waals surface area contributed by atoms with Crippen molar-refractivity contribution in [3.05, 3.63) is 105 Å². The number of nitrogens with one attached hydrogen (secondary N) is 1. The number of H-pyrrole nitrogens is 1. The summed E-state index contributed by atoms with van der Waals surface area (Å²) in [6.07, 6.45) is 2.39. The molecule has 196 valence electrons. The predicted molar refractivity (Wildman–Crippen MR) is 145 cm³/mol. The number of rotatable bonds is 10. The van der Waals surface area contributed by atoms with Crippen LogP contribution < -0.4 is 10.3 Å². The fraction of sp³-hybridized carbons (Fsp3) is 0.310. The van der Waals surface area contributed by atoms with Crippen LogP contribution in [-0.2, 0) is 19.6 Å². The van der Waals surface area contributed by atoms with Gasteiger partial charge < -0.3 is 14.1 Å². The molecule has 5 aromatic rings. The first-order valence-corrected chi connectivity index (χ1v) is 12.7. The zero-order valence-corrected chi connectivity index (χ0v) is 22.1. The van der Waals surface area contributed by atoms with Crippen molar-refractivity contribution in [2.75, 3.05) is 7.11 Å². The van der Waals surface area contributed by atoms with Gasteiger partial charge in [-0.25, -0.2) is 4.68 Å². The second kappa shape index (κ2) is 11.0. The Balaban J connectivity index is 1.53. The quantitative estimate of drug-likeness (QED) is 0.283. The van der Waals surface area contributed by atoms with Crippen LogP contribution in [0.1, 0.15) is 53.2 Å². The number of hydrogen-bond donors (Lipinski definition) is 1. The van der Waals surface area contributed by atoms with Crippen molar-refractivity contribution in [3.63, 3.8) is 0 Å². The van der Waals surface area contributed by atoms with Gasteiger partial charge in [-0.15, -0.1) is 5.10 Å². The molecule has 3 aromatic heterocycles. The summed E-state index contributed by atoms with van der Waals surface area (Å²) in [6.45, 7) is 7.65. The lowest BCUT2D eigenvalue weighted by Gasteiger charge is -2.30. The molecule has 0 saturated heterocycles. The molecule has 0 aliphatic rings. The predicted octanol–water partition coefficient (Wildman–Crippen LogP) is 4.93. The highest BCUT2D eigenvalue weighted by Crippen LogP contribution is 2.28. The van der Waals surface area contributed by atoms with Crippen LogP contribution >= 0.6 is 0 Å². The molecule has 0 spiro atoms. The van der Waals surface area contributed by atoms with E-state index in [0.29, 0.717) is 25.2 Å². The molecule has 0 aliphatic carbocycles. The van der Waals surface area contributed by atoms with E-state index in [0.717, 1.165) is 51.3 Å². The number of aromatic amines is 1. The number of aromatic nitrogens is 5. The first-order chi connectivity index (χ1) is 18.5. The minimum absolute atomic E-state index is 0.0871. The third-order valence-electron chi connectivity index (χ3n) is 7.12. The third-order valence-corrected chi connectivity index (χ3v) is 7.12. The normalized spacial score (nSPS) is 12.3. The summed E-state index contributed by atoms with van der Waals surface area (Å²) < 4.78 is 12.6. The lowest BCUT2D eigenvalue weighted by Crippen LogP contribution is -2.32. The Hall–Kier alpha value is -4.24. The molecule has 3 heterocycles. The maximum atomic E-state index is 13.3. The molecule has 2 aromatic carbocycles. The molecule has 9 heteroatoms. The highest BCUT2D eigenvalue weighted by Gasteiger charge is 2.26. The van der Waals surface area contributed by atoms with Crippen LogP contribution in [0, 0.1) is 13.8 Å². The Labute approximate surface area is 221 Å². The van der Waals surface area contributed by atoms with Gasteiger partial charge >= 0.3 is 0 Å². The molecule has 1 atom stereocenters. The molecule has 0 amide bonds. The summed E-state index contributed by atoms with van der Waals surface area (Å²) in [5.41, 5.74) is 4.82. The molecule has 9 nitrogen and oxygen atoms in total. The van der Waals surface area contributed by atoms with Crippen molar-refractivity contribution in [3.8, 4) is 5.75 Å². The van der Waals surface area contributed by atoms with Gasteiger partial charge in [-0.1, -0.05) is 31.2 Å². The number of tetrazole rings is 1. The second-order valence-electron chi connectivity index (χ2n) is 9.55. The molecular weight excluding hydrogens is 480 g/mol. The largest absolute Gasteiger partial charge is 0.497 e. The van der Waals surface area contributed by atoms with Crippen LogP contribution in [0.15, 0.2) is 70.1 Å². The van der Waals surface area contributed by atoms with Gasteiger partial charge in [0.2, 0.25) is 0 Å². The van der Waals surface area contributed by atoms with Crippen LogP contribution in [0.3, 0.4) is 0 Å². The van der Waals surface area contributed by atoms with E-state index in [1.165, 1.54) is 0 Å². The maximum Gasteiger partial charge on any atom is 0.252 e. The van der Waals surface area contributed by atoms with Gasteiger partial charge in [-0.05, 0) is 83.1 Å². The number of hydrogen-bond acceptors (Lipinski definition) is 7. The minimum atomic E-state index is -0.142.